The Morgan fingerprint density at radius 3 is 2.78 bits per heavy atom. The third-order valence-electron chi connectivity index (χ3n) is 6.65. The summed E-state index contributed by atoms with van der Waals surface area (Å²) in [7, 11) is 1.95. The minimum Gasteiger partial charge on any atom is -0.494 e. The van der Waals surface area contributed by atoms with Crippen LogP contribution in [0.15, 0.2) is 81.9 Å². The molecular formula is C31H35N3O3S4. The average molecular weight is 626 g/mol. The first-order valence-electron chi connectivity index (χ1n) is 13.3. The van der Waals surface area contributed by atoms with E-state index in [2.05, 4.69) is 67.6 Å². The number of rotatable bonds is 12. The first-order valence-corrected chi connectivity index (χ1v) is 16.1. The number of esters is 1. The number of thioether (sulfide) groups is 2. The second-order valence-electron chi connectivity index (χ2n) is 9.43. The zero-order valence-corrected chi connectivity index (χ0v) is 26.7. The lowest BCUT2D eigenvalue weighted by molar-refractivity contribution is -0.144. The molecule has 1 saturated heterocycles. The van der Waals surface area contributed by atoms with Crippen molar-refractivity contribution in [3.05, 3.63) is 88.6 Å². The van der Waals surface area contributed by atoms with Gasteiger partial charge in [-0.25, -0.2) is 0 Å². The predicted molar refractivity (Wildman–Crippen MR) is 179 cm³/mol. The Morgan fingerprint density at radius 2 is 2.02 bits per heavy atom. The Morgan fingerprint density at radius 1 is 1.24 bits per heavy atom. The second kappa shape index (κ2) is 14.9. The zero-order chi connectivity index (χ0) is 29.4. The van der Waals surface area contributed by atoms with Gasteiger partial charge in [0.05, 0.1) is 11.6 Å². The number of benzene rings is 2. The summed E-state index contributed by atoms with van der Waals surface area (Å²) in [4.78, 5) is 18.7. The molecule has 41 heavy (non-hydrogen) atoms. The van der Waals surface area contributed by atoms with Crippen LogP contribution >= 0.6 is 48.8 Å². The molecule has 1 N–H and O–H groups in total. The molecule has 1 aliphatic rings. The smallest absolute Gasteiger partial charge is 0.326 e. The van der Waals surface area contributed by atoms with Gasteiger partial charge >= 0.3 is 5.97 Å². The molecule has 0 radical (unpaired) electrons. The van der Waals surface area contributed by atoms with Crippen molar-refractivity contribution in [2.24, 2.45) is 0 Å². The SMILES string of the molecule is C=C(SCc1ccccc1)c1cc(N(C)CCOC(=O)Cn2c(S)cc(C=C=C3SCCN3CC)c2O)ccc1S. The molecule has 0 bridgehead atoms. The van der Waals surface area contributed by atoms with E-state index in [9.17, 15) is 9.90 Å². The highest BCUT2D eigenvalue weighted by molar-refractivity contribution is 8.07. The molecular weight excluding hydrogens is 591 g/mol. The van der Waals surface area contributed by atoms with Gasteiger partial charge in [-0.1, -0.05) is 54.4 Å². The lowest BCUT2D eigenvalue weighted by Crippen LogP contribution is -2.25. The van der Waals surface area contributed by atoms with Gasteiger partial charge in [0.2, 0.25) is 5.88 Å². The average Bonchev–Trinajstić information content (AvgIpc) is 3.54. The quantitative estimate of drug-likeness (QED) is 0.115. The van der Waals surface area contributed by atoms with E-state index >= 15 is 0 Å². The molecule has 4 rings (SSSR count). The van der Waals surface area contributed by atoms with E-state index in [1.54, 1.807) is 35.7 Å². The molecule has 216 valence electrons. The van der Waals surface area contributed by atoms with Crippen molar-refractivity contribution < 1.29 is 14.6 Å². The van der Waals surface area contributed by atoms with Crippen LogP contribution in [0.25, 0.3) is 11.0 Å². The maximum Gasteiger partial charge on any atom is 0.326 e. The Labute approximate surface area is 262 Å². The highest BCUT2D eigenvalue weighted by Crippen LogP contribution is 2.35. The molecule has 0 spiro atoms. The summed E-state index contributed by atoms with van der Waals surface area (Å²) in [6.45, 7) is 8.85. The third kappa shape index (κ3) is 8.40. The number of aromatic nitrogens is 1. The van der Waals surface area contributed by atoms with Crippen LogP contribution in [0.2, 0.25) is 0 Å². The lowest BCUT2D eigenvalue weighted by atomic mass is 10.2. The van der Waals surface area contributed by atoms with Crippen molar-refractivity contribution in [3.8, 4) is 5.88 Å². The fourth-order valence-corrected chi connectivity index (χ4v) is 6.80. The fraction of sp³-hybridized carbons (Fsp3) is 0.290. The summed E-state index contributed by atoms with van der Waals surface area (Å²) >= 11 is 12.5. The van der Waals surface area contributed by atoms with Gasteiger partial charge in [-0.3, -0.25) is 9.36 Å². The van der Waals surface area contributed by atoms with Crippen molar-refractivity contribution in [2.45, 2.75) is 29.1 Å². The summed E-state index contributed by atoms with van der Waals surface area (Å²) in [5.74, 6) is 1.38. The standard InChI is InChI=1S/C31H35N3O3S4/c1-4-33-15-17-40-29(33)13-10-24-18-28(39)34(31(24)36)20-30(35)37-16-14-32(3)25-11-12-27(38)26(19-25)22(2)41-21-23-8-6-5-7-9-23/h5-12,18-19,36,38-39H,2,4,14-17,20-21H2,1,3H3. The number of anilines is 1. The number of nitrogens with zero attached hydrogens (tertiary/aromatic N) is 3. The number of carbonyl (C=O) groups excluding carboxylic acids is 1. The fourth-order valence-electron chi connectivity index (χ4n) is 4.23. The first-order chi connectivity index (χ1) is 19.8. The van der Waals surface area contributed by atoms with Crippen molar-refractivity contribution >= 4 is 71.4 Å². The minimum absolute atomic E-state index is 0.0343. The molecule has 1 aliphatic heterocycles. The van der Waals surface area contributed by atoms with Crippen LogP contribution in [-0.4, -0.2) is 59.6 Å². The van der Waals surface area contributed by atoms with Gasteiger partial charge in [-0.05, 0) is 42.8 Å². The van der Waals surface area contributed by atoms with E-state index in [1.807, 2.05) is 42.3 Å². The second-order valence-corrected chi connectivity index (χ2v) is 12.5. The molecule has 3 aromatic rings. The van der Waals surface area contributed by atoms with E-state index in [4.69, 9.17) is 4.74 Å². The summed E-state index contributed by atoms with van der Waals surface area (Å²) in [5, 5.41) is 12.2. The highest BCUT2D eigenvalue weighted by Gasteiger charge is 2.17. The van der Waals surface area contributed by atoms with Crippen LogP contribution in [0.4, 0.5) is 5.69 Å². The molecule has 0 aliphatic carbocycles. The summed E-state index contributed by atoms with van der Waals surface area (Å²) in [6, 6.07) is 18.0. The number of aromatic hydroxyl groups is 1. The summed E-state index contributed by atoms with van der Waals surface area (Å²) < 4.78 is 6.93. The van der Waals surface area contributed by atoms with Crippen LogP contribution in [0.5, 0.6) is 5.88 Å². The van der Waals surface area contributed by atoms with Gasteiger partial charge in [-0.15, -0.1) is 37.0 Å². The van der Waals surface area contributed by atoms with Crippen LogP contribution in [0.3, 0.4) is 0 Å². The molecule has 1 aromatic heterocycles. The predicted octanol–water partition coefficient (Wildman–Crippen LogP) is 6.88. The number of likely N-dealkylation sites (N-methyl/N-ethyl adjacent to an activating group) is 1. The first kappa shape index (κ1) is 31.2. The minimum atomic E-state index is -0.450. The maximum atomic E-state index is 12.6. The molecule has 2 heterocycles. The lowest BCUT2D eigenvalue weighted by Gasteiger charge is -2.21. The van der Waals surface area contributed by atoms with Crippen LogP contribution in [0, 0.1) is 0 Å². The van der Waals surface area contributed by atoms with Crippen LogP contribution < -0.4 is 4.90 Å². The molecule has 0 amide bonds. The molecule has 6 nitrogen and oxygen atoms in total. The van der Waals surface area contributed by atoms with Crippen LogP contribution in [0.1, 0.15) is 23.6 Å². The largest absolute Gasteiger partial charge is 0.494 e. The van der Waals surface area contributed by atoms with E-state index in [1.165, 1.54) is 10.1 Å². The number of ether oxygens (including phenoxy) is 1. The molecule has 10 heteroatoms. The van der Waals surface area contributed by atoms with E-state index < -0.39 is 5.97 Å². The van der Waals surface area contributed by atoms with E-state index in [0.717, 1.165) is 50.7 Å². The van der Waals surface area contributed by atoms with Gasteiger partial charge < -0.3 is 19.6 Å². The van der Waals surface area contributed by atoms with Gasteiger partial charge in [-0.2, -0.15) is 0 Å². The molecule has 0 atom stereocenters. The number of thiol groups is 2. The van der Waals surface area contributed by atoms with Gasteiger partial charge in [0.1, 0.15) is 18.2 Å². The third-order valence-corrected chi connectivity index (χ3v) is 9.49. The number of carbonyl (C=O) groups is 1. The van der Waals surface area contributed by atoms with E-state index in [0.29, 0.717) is 17.1 Å². The Bertz CT molecular complexity index is 1450. The molecule has 0 saturated carbocycles. The van der Waals surface area contributed by atoms with Crippen molar-refractivity contribution in [3.63, 3.8) is 0 Å². The molecule has 0 unspecified atom stereocenters. The van der Waals surface area contributed by atoms with Gasteiger partial charge in [0.15, 0.2) is 0 Å². The van der Waals surface area contributed by atoms with Crippen molar-refractivity contribution in [1.29, 1.82) is 0 Å². The Kier molecular flexibility index (Phi) is 11.4. The Hall–Kier alpha value is -2.75. The van der Waals surface area contributed by atoms with Gasteiger partial charge in [0, 0.05) is 58.3 Å². The molecule has 2 aromatic carbocycles. The normalized spacial score (nSPS) is 12.8. The number of hydrogen-bond acceptors (Lipinski definition) is 9. The Balaban J connectivity index is 1.30. The van der Waals surface area contributed by atoms with Crippen molar-refractivity contribution in [2.75, 3.05) is 43.9 Å². The summed E-state index contributed by atoms with van der Waals surface area (Å²) in [6.07, 6.45) is 1.74. The summed E-state index contributed by atoms with van der Waals surface area (Å²) in [5.41, 5.74) is 7.02. The maximum absolute atomic E-state index is 12.6. The van der Waals surface area contributed by atoms with Crippen molar-refractivity contribution in [1.82, 2.24) is 9.47 Å². The van der Waals surface area contributed by atoms with Crippen LogP contribution in [-0.2, 0) is 21.8 Å². The molecule has 1 fully saturated rings. The highest BCUT2D eigenvalue weighted by atomic mass is 32.2. The monoisotopic (exact) mass is 625 g/mol. The van der Waals surface area contributed by atoms with E-state index in [-0.39, 0.29) is 19.0 Å². The topological polar surface area (TPSA) is 57.9 Å². The number of hydrogen-bond donors (Lipinski definition) is 3. The zero-order valence-electron chi connectivity index (χ0n) is 23.2. The van der Waals surface area contributed by atoms with Gasteiger partial charge in [0.25, 0.3) is 0 Å².